The van der Waals surface area contributed by atoms with Crippen LogP contribution in [0.2, 0.25) is 0 Å². The molecule has 1 aliphatic heterocycles. The smallest absolute Gasteiger partial charge is 0.252 e. The van der Waals surface area contributed by atoms with Crippen molar-refractivity contribution in [2.45, 2.75) is 38.8 Å². The summed E-state index contributed by atoms with van der Waals surface area (Å²) < 4.78 is 36.4. The van der Waals surface area contributed by atoms with Gasteiger partial charge in [0.15, 0.2) is 0 Å². The lowest BCUT2D eigenvalue weighted by atomic mass is 9.89. The van der Waals surface area contributed by atoms with E-state index in [2.05, 4.69) is 5.32 Å². The minimum atomic E-state index is -3.44. The standard InChI is InChI=1S/C22H28N2O5S/c1-14-16(8-7-9-19(14)24(4)30(6,26)27)21(25)23-18-13-22(2,3)29-20-12-15(28-5)10-11-17(18)20/h7-12,18H,13H2,1-6H3,(H,23,25)/t18-/m1/s1. The second-order valence-corrected chi connectivity index (χ2v) is 10.2. The summed E-state index contributed by atoms with van der Waals surface area (Å²) >= 11 is 0. The van der Waals surface area contributed by atoms with E-state index in [-0.39, 0.29) is 11.9 Å². The van der Waals surface area contributed by atoms with Gasteiger partial charge >= 0.3 is 0 Å². The second kappa shape index (κ2) is 7.83. The average Bonchev–Trinajstić information content (AvgIpc) is 2.65. The van der Waals surface area contributed by atoms with Crippen LogP contribution in [-0.2, 0) is 10.0 Å². The molecule has 30 heavy (non-hydrogen) atoms. The molecule has 0 aromatic heterocycles. The van der Waals surface area contributed by atoms with Crippen molar-refractivity contribution >= 4 is 21.6 Å². The number of sulfonamides is 1. The normalized spacial score (nSPS) is 17.5. The summed E-state index contributed by atoms with van der Waals surface area (Å²) in [5.74, 6) is 1.10. The summed E-state index contributed by atoms with van der Waals surface area (Å²) in [7, 11) is -0.365. The number of anilines is 1. The van der Waals surface area contributed by atoms with Crippen LogP contribution in [0.4, 0.5) is 5.69 Å². The first-order valence-electron chi connectivity index (χ1n) is 9.64. The molecule has 2 aromatic rings. The molecule has 0 saturated heterocycles. The van der Waals surface area contributed by atoms with Crippen LogP contribution >= 0.6 is 0 Å². The van der Waals surface area contributed by atoms with Crippen LogP contribution in [0.15, 0.2) is 36.4 Å². The summed E-state index contributed by atoms with van der Waals surface area (Å²) in [6.45, 7) is 5.70. The van der Waals surface area contributed by atoms with E-state index >= 15 is 0 Å². The maximum atomic E-state index is 13.2. The number of rotatable bonds is 5. The second-order valence-electron chi connectivity index (χ2n) is 8.18. The fraction of sp³-hybridized carbons (Fsp3) is 0.409. The van der Waals surface area contributed by atoms with Crippen LogP contribution in [0.3, 0.4) is 0 Å². The highest BCUT2D eigenvalue weighted by molar-refractivity contribution is 7.92. The highest BCUT2D eigenvalue weighted by atomic mass is 32.2. The third-order valence-electron chi connectivity index (χ3n) is 5.37. The summed E-state index contributed by atoms with van der Waals surface area (Å²) in [4.78, 5) is 13.2. The molecule has 0 bridgehead atoms. The van der Waals surface area contributed by atoms with E-state index in [4.69, 9.17) is 9.47 Å². The Morgan fingerprint density at radius 1 is 1.27 bits per heavy atom. The molecule has 1 amide bonds. The Hall–Kier alpha value is -2.74. The van der Waals surface area contributed by atoms with Gasteiger partial charge in [-0.15, -0.1) is 0 Å². The zero-order valence-electron chi connectivity index (χ0n) is 18.1. The maximum Gasteiger partial charge on any atom is 0.252 e. The van der Waals surface area contributed by atoms with Crippen molar-refractivity contribution < 1.29 is 22.7 Å². The van der Waals surface area contributed by atoms with E-state index in [1.807, 2.05) is 32.0 Å². The van der Waals surface area contributed by atoms with Crippen LogP contribution < -0.4 is 19.1 Å². The van der Waals surface area contributed by atoms with Gasteiger partial charge in [-0.1, -0.05) is 6.07 Å². The minimum absolute atomic E-state index is 0.252. The number of fused-ring (bicyclic) bond motifs is 1. The third kappa shape index (κ3) is 4.38. The lowest BCUT2D eigenvalue weighted by Gasteiger charge is -2.38. The summed E-state index contributed by atoms with van der Waals surface area (Å²) in [6, 6.07) is 10.4. The Morgan fingerprint density at radius 3 is 2.60 bits per heavy atom. The van der Waals surface area contributed by atoms with Gasteiger partial charge in [0.2, 0.25) is 10.0 Å². The number of methoxy groups -OCH3 is 1. The van der Waals surface area contributed by atoms with Crippen molar-refractivity contribution in [2.24, 2.45) is 0 Å². The highest BCUT2D eigenvalue weighted by Crippen LogP contribution is 2.41. The predicted octanol–water partition coefficient (Wildman–Crippen LogP) is 3.43. The number of nitrogens with one attached hydrogen (secondary N) is 1. The molecule has 7 nitrogen and oxygen atoms in total. The molecule has 162 valence electrons. The maximum absolute atomic E-state index is 13.2. The van der Waals surface area contributed by atoms with Crippen LogP contribution in [0.5, 0.6) is 11.5 Å². The molecule has 0 fully saturated rings. The number of ether oxygens (including phenoxy) is 2. The Balaban J connectivity index is 1.94. The summed E-state index contributed by atoms with van der Waals surface area (Å²) in [6.07, 6.45) is 1.73. The lowest BCUT2D eigenvalue weighted by Crippen LogP contribution is -2.41. The van der Waals surface area contributed by atoms with Crippen LogP contribution in [0.1, 0.15) is 47.8 Å². The molecule has 0 saturated carbocycles. The number of benzene rings is 2. The topological polar surface area (TPSA) is 84.9 Å². The molecular formula is C22H28N2O5S. The monoisotopic (exact) mass is 432 g/mol. The SMILES string of the molecule is COc1ccc2c(c1)OC(C)(C)C[C@H]2NC(=O)c1cccc(N(C)S(C)(=O)=O)c1C. The van der Waals surface area contributed by atoms with E-state index in [9.17, 15) is 13.2 Å². The minimum Gasteiger partial charge on any atom is -0.497 e. The first kappa shape index (κ1) is 22.0. The number of amides is 1. The number of carbonyl (C=O) groups excluding carboxylic acids is 1. The Kier molecular flexibility index (Phi) is 5.73. The van der Waals surface area contributed by atoms with E-state index < -0.39 is 15.6 Å². The summed E-state index contributed by atoms with van der Waals surface area (Å²) in [5, 5.41) is 3.10. The molecule has 0 unspecified atom stereocenters. The van der Waals surface area contributed by atoms with Gasteiger partial charge in [0.25, 0.3) is 5.91 Å². The van der Waals surface area contributed by atoms with Gasteiger partial charge in [0, 0.05) is 30.7 Å². The van der Waals surface area contributed by atoms with E-state index in [1.54, 1.807) is 32.2 Å². The molecule has 2 aromatic carbocycles. The quantitative estimate of drug-likeness (QED) is 0.782. The third-order valence-corrected chi connectivity index (χ3v) is 6.56. The fourth-order valence-electron chi connectivity index (χ4n) is 3.71. The largest absolute Gasteiger partial charge is 0.497 e. The zero-order valence-corrected chi connectivity index (χ0v) is 19.0. The highest BCUT2D eigenvalue weighted by Gasteiger charge is 2.35. The first-order chi connectivity index (χ1) is 13.9. The Morgan fingerprint density at radius 2 is 1.97 bits per heavy atom. The lowest BCUT2D eigenvalue weighted by molar-refractivity contribution is 0.0617. The molecular weight excluding hydrogens is 404 g/mol. The molecule has 3 rings (SSSR count). The van der Waals surface area contributed by atoms with E-state index in [1.165, 1.54) is 11.4 Å². The molecule has 0 spiro atoms. The van der Waals surface area contributed by atoms with Gasteiger partial charge in [-0.3, -0.25) is 9.10 Å². The molecule has 8 heteroatoms. The van der Waals surface area contributed by atoms with Crippen molar-refractivity contribution in [1.29, 1.82) is 0 Å². The summed E-state index contributed by atoms with van der Waals surface area (Å²) in [5.41, 5.74) is 1.92. The molecule has 0 aliphatic carbocycles. The van der Waals surface area contributed by atoms with Crippen molar-refractivity contribution in [2.75, 3.05) is 24.7 Å². The van der Waals surface area contributed by atoms with Crippen LogP contribution in [0.25, 0.3) is 0 Å². The van der Waals surface area contributed by atoms with Gasteiger partial charge in [0.1, 0.15) is 17.1 Å². The zero-order chi connectivity index (χ0) is 22.3. The van der Waals surface area contributed by atoms with Gasteiger partial charge in [0.05, 0.1) is 25.1 Å². The Labute approximate surface area is 178 Å². The first-order valence-corrected chi connectivity index (χ1v) is 11.5. The number of hydrogen-bond acceptors (Lipinski definition) is 5. The van der Waals surface area contributed by atoms with Crippen molar-refractivity contribution in [3.05, 3.63) is 53.1 Å². The van der Waals surface area contributed by atoms with Crippen molar-refractivity contribution in [3.8, 4) is 11.5 Å². The van der Waals surface area contributed by atoms with Gasteiger partial charge in [-0.05, 0) is 50.6 Å². The van der Waals surface area contributed by atoms with Crippen molar-refractivity contribution in [1.82, 2.24) is 5.32 Å². The predicted molar refractivity (Wildman–Crippen MR) is 117 cm³/mol. The van der Waals surface area contributed by atoms with E-state index in [0.29, 0.717) is 34.7 Å². The van der Waals surface area contributed by atoms with Crippen LogP contribution in [0, 0.1) is 6.92 Å². The van der Waals surface area contributed by atoms with Crippen molar-refractivity contribution in [3.63, 3.8) is 0 Å². The molecule has 1 heterocycles. The van der Waals surface area contributed by atoms with Gasteiger partial charge in [-0.25, -0.2) is 8.42 Å². The van der Waals surface area contributed by atoms with Gasteiger partial charge in [-0.2, -0.15) is 0 Å². The van der Waals surface area contributed by atoms with Gasteiger partial charge < -0.3 is 14.8 Å². The van der Waals surface area contributed by atoms with E-state index in [0.717, 1.165) is 11.8 Å². The molecule has 1 atom stereocenters. The average molecular weight is 433 g/mol. The number of nitrogens with zero attached hydrogens (tertiary/aromatic N) is 1. The molecule has 1 aliphatic rings. The fourth-order valence-corrected chi connectivity index (χ4v) is 4.27. The molecule has 1 N–H and O–H groups in total. The number of hydrogen-bond donors (Lipinski definition) is 1. The molecule has 0 radical (unpaired) electrons. The Bertz CT molecular complexity index is 1080. The number of carbonyl (C=O) groups is 1. The van der Waals surface area contributed by atoms with Crippen LogP contribution in [-0.4, -0.2) is 40.3 Å².